The van der Waals surface area contributed by atoms with E-state index in [1.807, 2.05) is 6.20 Å². The van der Waals surface area contributed by atoms with E-state index in [0.717, 1.165) is 11.3 Å². The second-order valence-corrected chi connectivity index (χ2v) is 4.94. The number of hydrogen-bond acceptors (Lipinski definition) is 4. The maximum atomic E-state index is 11.3. The zero-order chi connectivity index (χ0) is 14.8. The van der Waals surface area contributed by atoms with Gasteiger partial charge < -0.3 is 15.4 Å². The molecule has 1 amide bonds. The SMILES string of the molecule is C=Cn1cc(CNc2cc3c(cc2Cl)NC(=O)CO3)cn1. The molecule has 1 aliphatic heterocycles. The fraction of sp³-hybridized carbons (Fsp3) is 0.143. The zero-order valence-electron chi connectivity index (χ0n) is 11.1. The predicted octanol–water partition coefficient (Wildman–Crippen LogP) is 2.58. The van der Waals surface area contributed by atoms with E-state index >= 15 is 0 Å². The van der Waals surface area contributed by atoms with Crippen LogP contribution < -0.4 is 15.4 Å². The Morgan fingerprint density at radius 3 is 3.19 bits per heavy atom. The maximum absolute atomic E-state index is 11.3. The summed E-state index contributed by atoms with van der Waals surface area (Å²) >= 11 is 6.20. The smallest absolute Gasteiger partial charge is 0.262 e. The predicted molar refractivity (Wildman–Crippen MR) is 81.5 cm³/mol. The van der Waals surface area contributed by atoms with Crippen LogP contribution in [-0.4, -0.2) is 22.3 Å². The van der Waals surface area contributed by atoms with Gasteiger partial charge in [-0.2, -0.15) is 5.10 Å². The molecule has 7 heteroatoms. The Balaban J connectivity index is 1.76. The molecule has 21 heavy (non-hydrogen) atoms. The summed E-state index contributed by atoms with van der Waals surface area (Å²) in [4.78, 5) is 11.3. The summed E-state index contributed by atoms with van der Waals surface area (Å²) in [6.45, 7) is 4.22. The van der Waals surface area contributed by atoms with Crippen molar-refractivity contribution >= 4 is 35.1 Å². The van der Waals surface area contributed by atoms with Crippen LogP contribution in [0.15, 0.2) is 31.1 Å². The van der Waals surface area contributed by atoms with Gasteiger partial charge in [-0.15, -0.1) is 0 Å². The number of nitrogens with zero attached hydrogens (tertiary/aromatic N) is 2. The van der Waals surface area contributed by atoms with E-state index in [9.17, 15) is 4.79 Å². The summed E-state index contributed by atoms with van der Waals surface area (Å²) in [6.07, 6.45) is 5.23. The van der Waals surface area contributed by atoms with E-state index in [2.05, 4.69) is 22.3 Å². The first-order chi connectivity index (χ1) is 10.2. The summed E-state index contributed by atoms with van der Waals surface area (Å²) < 4.78 is 6.99. The van der Waals surface area contributed by atoms with E-state index in [1.54, 1.807) is 29.2 Å². The van der Waals surface area contributed by atoms with Gasteiger partial charge in [-0.3, -0.25) is 4.79 Å². The Bertz CT molecular complexity index is 711. The van der Waals surface area contributed by atoms with Crippen molar-refractivity contribution in [3.8, 4) is 5.75 Å². The topological polar surface area (TPSA) is 68.2 Å². The van der Waals surface area contributed by atoms with Gasteiger partial charge in [0.2, 0.25) is 0 Å². The third kappa shape index (κ3) is 2.85. The highest BCUT2D eigenvalue weighted by atomic mass is 35.5. The van der Waals surface area contributed by atoms with Crippen molar-refractivity contribution in [2.45, 2.75) is 6.54 Å². The minimum absolute atomic E-state index is 0.0141. The van der Waals surface area contributed by atoms with E-state index < -0.39 is 0 Å². The molecular weight excluding hydrogens is 292 g/mol. The average Bonchev–Trinajstić information content (AvgIpc) is 2.93. The van der Waals surface area contributed by atoms with E-state index in [1.165, 1.54) is 0 Å². The van der Waals surface area contributed by atoms with Crippen molar-refractivity contribution in [1.29, 1.82) is 0 Å². The molecule has 1 aliphatic rings. The molecular formula is C14H13ClN4O2. The summed E-state index contributed by atoms with van der Waals surface area (Å²) in [5.74, 6) is 0.416. The van der Waals surface area contributed by atoms with Crippen molar-refractivity contribution in [1.82, 2.24) is 9.78 Å². The minimum Gasteiger partial charge on any atom is -0.482 e. The molecule has 0 aliphatic carbocycles. The van der Waals surface area contributed by atoms with Crippen LogP contribution in [0, 0.1) is 0 Å². The molecule has 1 aromatic carbocycles. The van der Waals surface area contributed by atoms with Gasteiger partial charge in [-0.05, 0) is 6.07 Å². The molecule has 108 valence electrons. The summed E-state index contributed by atoms with van der Waals surface area (Å²) in [5.41, 5.74) is 2.32. The first kappa shape index (κ1) is 13.5. The van der Waals surface area contributed by atoms with Crippen LogP contribution in [0.1, 0.15) is 5.56 Å². The van der Waals surface area contributed by atoms with Gasteiger partial charge in [-0.1, -0.05) is 18.2 Å². The highest BCUT2D eigenvalue weighted by molar-refractivity contribution is 6.33. The first-order valence-corrected chi connectivity index (χ1v) is 6.69. The van der Waals surface area contributed by atoms with Gasteiger partial charge in [0, 0.05) is 30.6 Å². The molecule has 0 unspecified atom stereocenters. The Morgan fingerprint density at radius 2 is 2.43 bits per heavy atom. The van der Waals surface area contributed by atoms with E-state index in [4.69, 9.17) is 16.3 Å². The standard InChI is InChI=1S/C14H13ClN4O2/c1-2-19-7-9(6-17-19)5-16-11-4-13-12(3-10(11)15)18-14(20)8-21-13/h2-4,6-7,16H,1,5,8H2,(H,18,20). The lowest BCUT2D eigenvalue weighted by atomic mass is 10.2. The van der Waals surface area contributed by atoms with Crippen LogP contribution in [-0.2, 0) is 11.3 Å². The molecule has 3 rings (SSSR count). The van der Waals surface area contributed by atoms with Gasteiger partial charge >= 0.3 is 0 Å². The van der Waals surface area contributed by atoms with Crippen LogP contribution in [0.3, 0.4) is 0 Å². The van der Waals surface area contributed by atoms with Crippen LogP contribution in [0.5, 0.6) is 5.75 Å². The van der Waals surface area contributed by atoms with Gasteiger partial charge in [0.1, 0.15) is 5.75 Å². The highest BCUT2D eigenvalue weighted by Gasteiger charge is 2.18. The Labute approximate surface area is 126 Å². The van der Waals surface area contributed by atoms with Crippen molar-refractivity contribution in [3.63, 3.8) is 0 Å². The monoisotopic (exact) mass is 304 g/mol. The Kier molecular flexibility index (Phi) is 3.53. The van der Waals surface area contributed by atoms with Gasteiger partial charge in [0.15, 0.2) is 6.61 Å². The van der Waals surface area contributed by atoms with Gasteiger partial charge in [0.25, 0.3) is 5.91 Å². The number of nitrogens with one attached hydrogen (secondary N) is 2. The Hall–Kier alpha value is -2.47. The number of carbonyl (C=O) groups is 1. The normalized spacial score (nSPS) is 13.1. The van der Waals surface area contributed by atoms with Crippen molar-refractivity contribution < 1.29 is 9.53 Å². The number of carbonyl (C=O) groups excluding carboxylic acids is 1. The number of aromatic nitrogens is 2. The number of anilines is 2. The van der Waals surface area contributed by atoms with E-state index in [0.29, 0.717) is 23.0 Å². The average molecular weight is 305 g/mol. The molecule has 6 nitrogen and oxygen atoms in total. The lowest BCUT2D eigenvalue weighted by Gasteiger charge is -2.19. The number of rotatable bonds is 4. The fourth-order valence-electron chi connectivity index (χ4n) is 2.00. The maximum Gasteiger partial charge on any atom is 0.262 e. The van der Waals surface area contributed by atoms with Crippen LogP contribution in [0.4, 0.5) is 11.4 Å². The van der Waals surface area contributed by atoms with Crippen LogP contribution in [0.25, 0.3) is 6.20 Å². The summed E-state index contributed by atoms with van der Waals surface area (Å²) in [6, 6.07) is 3.44. The lowest BCUT2D eigenvalue weighted by molar-refractivity contribution is -0.118. The van der Waals surface area contributed by atoms with Crippen molar-refractivity contribution in [3.05, 3.63) is 41.7 Å². The summed E-state index contributed by atoms with van der Waals surface area (Å²) in [7, 11) is 0. The second kappa shape index (κ2) is 5.49. The second-order valence-electron chi connectivity index (χ2n) is 4.53. The molecule has 0 saturated heterocycles. The van der Waals surface area contributed by atoms with Crippen molar-refractivity contribution in [2.75, 3.05) is 17.2 Å². The number of fused-ring (bicyclic) bond motifs is 1. The van der Waals surface area contributed by atoms with Gasteiger partial charge in [0.05, 0.1) is 22.6 Å². The highest BCUT2D eigenvalue weighted by Crippen LogP contribution is 2.36. The molecule has 2 heterocycles. The van der Waals surface area contributed by atoms with E-state index in [-0.39, 0.29) is 12.5 Å². The number of halogens is 1. The largest absolute Gasteiger partial charge is 0.482 e. The lowest BCUT2D eigenvalue weighted by Crippen LogP contribution is -2.25. The van der Waals surface area contributed by atoms with Crippen molar-refractivity contribution in [2.24, 2.45) is 0 Å². The Morgan fingerprint density at radius 1 is 1.57 bits per heavy atom. The fourth-order valence-corrected chi connectivity index (χ4v) is 2.23. The summed E-state index contributed by atoms with van der Waals surface area (Å²) in [5, 5.41) is 10.5. The quantitative estimate of drug-likeness (QED) is 0.911. The minimum atomic E-state index is -0.184. The van der Waals surface area contributed by atoms with Crippen LogP contribution >= 0.6 is 11.6 Å². The molecule has 0 saturated carbocycles. The molecule has 1 aromatic heterocycles. The third-order valence-electron chi connectivity index (χ3n) is 3.03. The molecule has 0 atom stereocenters. The zero-order valence-corrected chi connectivity index (χ0v) is 11.9. The molecule has 0 bridgehead atoms. The number of ether oxygens (including phenoxy) is 1. The molecule has 2 aromatic rings. The van der Waals surface area contributed by atoms with Crippen LogP contribution in [0.2, 0.25) is 5.02 Å². The first-order valence-electron chi connectivity index (χ1n) is 6.31. The third-order valence-corrected chi connectivity index (χ3v) is 3.34. The molecule has 0 radical (unpaired) electrons. The number of amides is 1. The van der Waals surface area contributed by atoms with Gasteiger partial charge in [-0.25, -0.2) is 4.68 Å². The molecule has 2 N–H and O–H groups in total. The molecule has 0 fully saturated rings. The number of hydrogen-bond donors (Lipinski definition) is 2. The molecule has 0 spiro atoms. The number of benzene rings is 1.